The lowest BCUT2D eigenvalue weighted by atomic mass is 9.90. The highest BCUT2D eigenvalue weighted by molar-refractivity contribution is 6.11. The molecular weight excluding hydrogens is 264 g/mol. The van der Waals surface area contributed by atoms with Gasteiger partial charge < -0.3 is 0 Å². The smallest absolute Gasteiger partial charge is 0.00295 e. The first-order valence-electron chi connectivity index (χ1n) is 7.67. The molecule has 1 aliphatic rings. The van der Waals surface area contributed by atoms with Crippen LogP contribution in [0.3, 0.4) is 0 Å². The molecule has 3 aromatic carbocycles. The summed E-state index contributed by atoms with van der Waals surface area (Å²) < 4.78 is 0. The molecule has 0 bridgehead atoms. The quantitative estimate of drug-likeness (QED) is 0.501. The number of rotatable bonds is 1. The number of aryl methyl sites for hydroxylation is 1. The van der Waals surface area contributed by atoms with E-state index in [9.17, 15) is 0 Å². The average molecular weight is 282 g/mol. The summed E-state index contributed by atoms with van der Waals surface area (Å²) in [5, 5.41) is 2.67. The molecule has 0 saturated heterocycles. The van der Waals surface area contributed by atoms with E-state index in [1.54, 1.807) is 0 Å². The Morgan fingerprint density at radius 3 is 2.36 bits per heavy atom. The summed E-state index contributed by atoms with van der Waals surface area (Å²) in [7, 11) is 0. The highest BCUT2D eigenvalue weighted by atomic mass is 14.2. The summed E-state index contributed by atoms with van der Waals surface area (Å²) in [6.45, 7) is 8.44. The van der Waals surface area contributed by atoms with Crippen molar-refractivity contribution < 1.29 is 0 Å². The van der Waals surface area contributed by atoms with Crippen molar-refractivity contribution in [2.24, 2.45) is 0 Å². The molecule has 0 nitrogen and oxygen atoms in total. The normalized spacial score (nSPS) is 12.5. The zero-order valence-electron chi connectivity index (χ0n) is 13.0. The van der Waals surface area contributed by atoms with Crippen LogP contribution in [0, 0.1) is 13.8 Å². The minimum atomic E-state index is 1.20. The molecule has 0 aliphatic heterocycles. The van der Waals surface area contributed by atoms with Crippen molar-refractivity contribution in [3.63, 3.8) is 0 Å². The minimum absolute atomic E-state index is 1.20. The molecular formula is C22H18. The van der Waals surface area contributed by atoms with Crippen LogP contribution >= 0.6 is 0 Å². The van der Waals surface area contributed by atoms with Gasteiger partial charge in [0.15, 0.2) is 0 Å². The van der Waals surface area contributed by atoms with Gasteiger partial charge in [0.05, 0.1) is 0 Å². The monoisotopic (exact) mass is 282 g/mol. The molecule has 1 aliphatic carbocycles. The standard InChI is InChI=1S/C22H18/c1-4-16-13-21-15(3)14(2)12-17-8-7-11-20(22(17)21)19-10-6-5-9-18(16)19/h4-13H,1H2,2-3H3. The Bertz CT molecular complexity index is 955. The van der Waals surface area contributed by atoms with Gasteiger partial charge in [-0.1, -0.05) is 61.2 Å². The second-order valence-electron chi connectivity index (χ2n) is 5.99. The van der Waals surface area contributed by atoms with E-state index in [4.69, 9.17) is 0 Å². The van der Waals surface area contributed by atoms with E-state index >= 15 is 0 Å². The molecule has 4 rings (SSSR count). The Balaban J connectivity index is 2.29. The van der Waals surface area contributed by atoms with Gasteiger partial charge >= 0.3 is 0 Å². The second kappa shape index (κ2) is 4.71. The summed E-state index contributed by atoms with van der Waals surface area (Å²) in [6.07, 6.45) is 4.27. The van der Waals surface area contributed by atoms with Crippen molar-refractivity contribution in [2.75, 3.05) is 0 Å². The zero-order valence-corrected chi connectivity index (χ0v) is 13.0. The third-order valence-electron chi connectivity index (χ3n) is 4.78. The molecule has 0 spiro atoms. The van der Waals surface area contributed by atoms with Gasteiger partial charge in [0.25, 0.3) is 0 Å². The molecule has 0 unspecified atom stereocenters. The molecule has 0 aromatic heterocycles. The SMILES string of the molecule is C=CC1=Cc2c(C)c(C)cc3cccc(c23)-c2ccccc21. The molecule has 106 valence electrons. The van der Waals surface area contributed by atoms with Crippen LogP contribution in [-0.2, 0) is 0 Å². The van der Waals surface area contributed by atoms with E-state index in [0.717, 1.165) is 0 Å². The van der Waals surface area contributed by atoms with Crippen molar-refractivity contribution >= 4 is 22.4 Å². The fraction of sp³-hybridized carbons (Fsp3) is 0.0909. The molecule has 0 amide bonds. The van der Waals surface area contributed by atoms with Crippen LogP contribution in [0.15, 0.2) is 61.2 Å². The predicted octanol–water partition coefficient (Wildman–Crippen LogP) is 6.16. The van der Waals surface area contributed by atoms with Gasteiger partial charge in [0.2, 0.25) is 0 Å². The third kappa shape index (κ3) is 1.70. The van der Waals surface area contributed by atoms with Gasteiger partial charge in [-0.15, -0.1) is 0 Å². The van der Waals surface area contributed by atoms with Gasteiger partial charge in [-0.3, -0.25) is 0 Å². The van der Waals surface area contributed by atoms with Crippen LogP contribution in [0.2, 0.25) is 0 Å². The molecule has 0 heterocycles. The molecule has 3 aromatic rings. The van der Waals surface area contributed by atoms with Crippen LogP contribution in [0.4, 0.5) is 0 Å². The summed E-state index contributed by atoms with van der Waals surface area (Å²) in [4.78, 5) is 0. The molecule has 22 heavy (non-hydrogen) atoms. The average Bonchev–Trinajstić information content (AvgIpc) is 2.69. The summed E-state index contributed by atoms with van der Waals surface area (Å²) in [6, 6.07) is 17.5. The van der Waals surface area contributed by atoms with Crippen molar-refractivity contribution in [3.05, 3.63) is 83.4 Å². The third-order valence-corrected chi connectivity index (χ3v) is 4.78. The number of hydrogen-bond donors (Lipinski definition) is 0. The summed E-state index contributed by atoms with van der Waals surface area (Å²) >= 11 is 0. The van der Waals surface area contributed by atoms with E-state index in [0.29, 0.717) is 0 Å². The fourth-order valence-corrected chi connectivity index (χ4v) is 3.51. The lowest BCUT2D eigenvalue weighted by Crippen LogP contribution is -1.90. The first-order valence-corrected chi connectivity index (χ1v) is 7.67. The Kier molecular flexibility index (Phi) is 2.80. The largest absolute Gasteiger partial charge is 0.0984 e. The maximum atomic E-state index is 4.04. The van der Waals surface area contributed by atoms with Crippen LogP contribution in [0.25, 0.3) is 33.5 Å². The highest BCUT2D eigenvalue weighted by Crippen LogP contribution is 2.42. The first-order chi connectivity index (χ1) is 10.7. The molecule has 0 radical (unpaired) electrons. The Morgan fingerprint density at radius 2 is 1.59 bits per heavy atom. The Labute approximate surface area is 131 Å². The van der Waals surface area contributed by atoms with E-state index in [1.165, 1.54) is 49.7 Å². The minimum Gasteiger partial charge on any atom is -0.0984 e. The van der Waals surface area contributed by atoms with Crippen LogP contribution in [-0.4, -0.2) is 0 Å². The number of benzene rings is 3. The molecule has 0 atom stereocenters. The molecule has 0 N–H and O–H groups in total. The predicted molar refractivity (Wildman–Crippen MR) is 96.9 cm³/mol. The van der Waals surface area contributed by atoms with Crippen LogP contribution in [0.5, 0.6) is 0 Å². The lowest BCUT2D eigenvalue weighted by molar-refractivity contribution is 1.35. The lowest BCUT2D eigenvalue weighted by Gasteiger charge is -2.13. The maximum absolute atomic E-state index is 4.04. The van der Waals surface area contributed by atoms with E-state index < -0.39 is 0 Å². The van der Waals surface area contributed by atoms with Crippen LogP contribution < -0.4 is 0 Å². The van der Waals surface area contributed by atoms with E-state index in [-0.39, 0.29) is 0 Å². The molecule has 0 saturated carbocycles. The summed E-state index contributed by atoms with van der Waals surface area (Å²) in [5.41, 5.74) is 9.09. The Morgan fingerprint density at radius 1 is 0.864 bits per heavy atom. The van der Waals surface area contributed by atoms with Gasteiger partial charge in [-0.2, -0.15) is 0 Å². The summed E-state index contributed by atoms with van der Waals surface area (Å²) in [5.74, 6) is 0. The number of hydrogen-bond acceptors (Lipinski definition) is 0. The van der Waals surface area contributed by atoms with Gasteiger partial charge in [0.1, 0.15) is 0 Å². The van der Waals surface area contributed by atoms with Gasteiger partial charge in [-0.05, 0) is 69.6 Å². The highest BCUT2D eigenvalue weighted by Gasteiger charge is 2.18. The Hall–Kier alpha value is -2.60. The first kappa shape index (κ1) is 13.1. The molecule has 0 fully saturated rings. The topological polar surface area (TPSA) is 0 Å². The molecule has 0 heteroatoms. The number of allylic oxidation sites excluding steroid dienone is 2. The fourth-order valence-electron chi connectivity index (χ4n) is 3.51. The van der Waals surface area contributed by atoms with Crippen molar-refractivity contribution in [1.29, 1.82) is 0 Å². The van der Waals surface area contributed by atoms with Crippen molar-refractivity contribution in [3.8, 4) is 11.1 Å². The zero-order chi connectivity index (χ0) is 15.3. The number of fused-ring (bicyclic) bond motifs is 2. The van der Waals surface area contributed by atoms with Crippen molar-refractivity contribution in [2.45, 2.75) is 13.8 Å². The second-order valence-corrected chi connectivity index (χ2v) is 5.99. The van der Waals surface area contributed by atoms with Crippen LogP contribution in [0.1, 0.15) is 22.3 Å². The maximum Gasteiger partial charge on any atom is -0.00295 e. The van der Waals surface area contributed by atoms with E-state index in [2.05, 4.69) is 75.0 Å². The van der Waals surface area contributed by atoms with Gasteiger partial charge in [0, 0.05) is 0 Å². The van der Waals surface area contributed by atoms with E-state index in [1.807, 2.05) is 6.08 Å². The van der Waals surface area contributed by atoms with Gasteiger partial charge in [-0.25, -0.2) is 0 Å². The van der Waals surface area contributed by atoms with Crippen molar-refractivity contribution in [1.82, 2.24) is 0 Å².